The third-order valence-electron chi connectivity index (χ3n) is 2.93. The zero-order valence-electron chi connectivity index (χ0n) is 10.7. The minimum atomic E-state index is -0.0238. The van der Waals surface area contributed by atoms with Crippen LogP contribution >= 0.6 is 0 Å². The van der Waals surface area contributed by atoms with E-state index in [1.54, 1.807) is 6.20 Å². The first-order chi connectivity index (χ1) is 7.43. The van der Waals surface area contributed by atoms with Crippen molar-refractivity contribution in [3.8, 4) is 0 Å². The van der Waals surface area contributed by atoms with E-state index in [9.17, 15) is 4.79 Å². The van der Waals surface area contributed by atoms with Crippen LogP contribution in [0.2, 0.25) is 0 Å². The van der Waals surface area contributed by atoms with E-state index >= 15 is 0 Å². The van der Waals surface area contributed by atoms with Crippen LogP contribution in [0.15, 0.2) is 12.3 Å². The molecule has 1 rings (SSSR count). The molecule has 0 aliphatic carbocycles. The normalized spacial score (nSPS) is 12.6. The monoisotopic (exact) mass is 220 g/mol. The quantitative estimate of drug-likeness (QED) is 0.850. The van der Waals surface area contributed by atoms with Crippen molar-refractivity contribution >= 4 is 5.91 Å². The summed E-state index contributed by atoms with van der Waals surface area (Å²) in [5, 5.41) is 3.00. The maximum absolute atomic E-state index is 12.1. The third-order valence-corrected chi connectivity index (χ3v) is 2.93. The Morgan fingerprint density at radius 3 is 2.44 bits per heavy atom. The van der Waals surface area contributed by atoms with Gasteiger partial charge in [-0.2, -0.15) is 0 Å². The number of pyridine rings is 1. The van der Waals surface area contributed by atoms with Gasteiger partial charge in [0.05, 0.1) is 11.3 Å². The summed E-state index contributed by atoms with van der Waals surface area (Å²) in [5.41, 5.74) is 2.46. The van der Waals surface area contributed by atoms with E-state index in [2.05, 4.69) is 24.1 Å². The average molecular weight is 220 g/mol. The van der Waals surface area contributed by atoms with Crippen molar-refractivity contribution in [2.24, 2.45) is 5.92 Å². The Morgan fingerprint density at radius 2 is 1.94 bits per heavy atom. The molecule has 0 aliphatic rings. The van der Waals surface area contributed by atoms with Crippen molar-refractivity contribution in [1.82, 2.24) is 10.3 Å². The van der Waals surface area contributed by atoms with Crippen LogP contribution in [-0.4, -0.2) is 16.9 Å². The molecule has 0 saturated heterocycles. The Morgan fingerprint density at radius 1 is 1.31 bits per heavy atom. The summed E-state index contributed by atoms with van der Waals surface area (Å²) in [7, 11) is 0. The van der Waals surface area contributed by atoms with Gasteiger partial charge in [0.2, 0.25) is 0 Å². The van der Waals surface area contributed by atoms with Gasteiger partial charge >= 0.3 is 0 Å². The topological polar surface area (TPSA) is 42.0 Å². The van der Waals surface area contributed by atoms with Gasteiger partial charge in [-0.25, -0.2) is 0 Å². The Kier molecular flexibility index (Phi) is 4.05. The first-order valence-electron chi connectivity index (χ1n) is 5.66. The van der Waals surface area contributed by atoms with Crippen LogP contribution in [0.25, 0.3) is 0 Å². The molecular formula is C13H20N2O. The number of hydrogen-bond acceptors (Lipinski definition) is 2. The van der Waals surface area contributed by atoms with E-state index in [1.807, 2.05) is 26.8 Å². The van der Waals surface area contributed by atoms with E-state index in [0.29, 0.717) is 11.5 Å². The molecule has 1 heterocycles. The minimum absolute atomic E-state index is 0.0238. The zero-order valence-corrected chi connectivity index (χ0v) is 10.7. The lowest BCUT2D eigenvalue weighted by Gasteiger charge is -2.18. The molecule has 0 radical (unpaired) electrons. The lowest BCUT2D eigenvalue weighted by molar-refractivity contribution is 0.0929. The molecule has 0 fully saturated rings. The van der Waals surface area contributed by atoms with Gasteiger partial charge in [0.1, 0.15) is 0 Å². The summed E-state index contributed by atoms with van der Waals surface area (Å²) in [6, 6.07) is 2.04. The molecule has 1 N–H and O–H groups in total. The predicted molar refractivity (Wildman–Crippen MR) is 65.5 cm³/mol. The van der Waals surface area contributed by atoms with Crippen molar-refractivity contribution in [3.05, 3.63) is 29.1 Å². The van der Waals surface area contributed by atoms with E-state index < -0.39 is 0 Å². The van der Waals surface area contributed by atoms with E-state index in [0.717, 1.165) is 11.3 Å². The number of carbonyl (C=O) groups excluding carboxylic acids is 1. The Bertz CT molecular complexity index is 365. The number of carbonyl (C=O) groups is 1. The second-order valence-corrected chi connectivity index (χ2v) is 4.59. The number of nitrogens with zero attached hydrogens (tertiary/aromatic N) is 1. The molecule has 1 aromatic rings. The third kappa shape index (κ3) is 2.81. The fourth-order valence-corrected chi connectivity index (χ4v) is 1.48. The molecule has 1 amide bonds. The smallest absolute Gasteiger partial charge is 0.253 e. The molecule has 0 aliphatic heterocycles. The number of aromatic nitrogens is 1. The van der Waals surface area contributed by atoms with Crippen LogP contribution in [0.4, 0.5) is 0 Å². The van der Waals surface area contributed by atoms with Gasteiger partial charge in [-0.15, -0.1) is 0 Å². The fraction of sp³-hybridized carbons (Fsp3) is 0.538. The Balaban J connectivity index is 2.89. The van der Waals surface area contributed by atoms with Crippen LogP contribution in [-0.2, 0) is 0 Å². The summed E-state index contributed by atoms with van der Waals surface area (Å²) in [6.45, 7) is 10.00. The minimum Gasteiger partial charge on any atom is -0.349 e. The lowest BCUT2D eigenvalue weighted by atomic mass is 10.0. The largest absolute Gasteiger partial charge is 0.349 e. The average Bonchev–Trinajstić information content (AvgIpc) is 2.16. The predicted octanol–water partition coefficient (Wildman–Crippen LogP) is 2.47. The van der Waals surface area contributed by atoms with Gasteiger partial charge in [-0.05, 0) is 38.3 Å². The molecule has 1 aromatic heterocycles. The molecule has 0 aromatic carbocycles. The van der Waals surface area contributed by atoms with Gasteiger partial charge in [0.15, 0.2) is 0 Å². The lowest BCUT2D eigenvalue weighted by Crippen LogP contribution is -2.36. The molecule has 3 nitrogen and oxygen atoms in total. The molecule has 3 heteroatoms. The highest BCUT2D eigenvalue weighted by Gasteiger charge is 2.16. The molecule has 1 atom stereocenters. The molecule has 0 bridgehead atoms. The molecule has 0 saturated carbocycles. The standard InChI is InChI=1S/C13H20N2O/c1-8(2)10(4)15-13(16)12-9(3)6-7-14-11(12)5/h6-8,10H,1-5H3,(H,15,16). The van der Waals surface area contributed by atoms with Gasteiger partial charge in [-0.1, -0.05) is 13.8 Å². The van der Waals surface area contributed by atoms with Crippen molar-refractivity contribution in [2.45, 2.75) is 40.7 Å². The number of nitrogens with one attached hydrogen (secondary N) is 1. The maximum Gasteiger partial charge on any atom is 0.253 e. The summed E-state index contributed by atoms with van der Waals surface area (Å²) in [6.07, 6.45) is 1.73. The van der Waals surface area contributed by atoms with Gasteiger partial charge in [-0.3, -0.25) is 9.78 Å². The van der Waals surface area contributed by atoms with Crippen LogP contribution in [0.3, 0.4) is 0 Å². The van der Waals surface area contributed by atoms with Gasteiger partial charge in [0, 0.05) is 12.2 Å². The fourth-order valence-electron chi connectivity index (χ4n) is 1.48. The number of hydrogen-bond donors (Lipinski definition) is 1. The highest BCUT2D eigenvalue weighted by molar-refractivity contribution is 5.96. The number of amides is 1. The number of rotatable bonds is 3. The summed E-state index contributed by atoms with van der Waals surface area (Å²) in [4.78, 5) is 16.2. The van der Waals surface area contributed by atoms with Crippen LogP contribution in [0, 0.1) is 19.8 Å². The highest BCUT2D eigenvalue weighted by atomic mass is 16.1. The first-order valence-corrected chi connectivity index (χ1v) is 5.66. The Hall–Kier alpha value is -1.38. The molecule has 0 spiro atoms. The molecule has 88 valence electrons. The van der Waals surface area contributed by atoms with E-state index in [4.69, 9.17) is 0 Å². The van der Waals surface area contributed by atoms with E-state index in [1.165, 1.54) is 0 Å². The van der Waals surface area contributed by atoms with E-state index in [-0.39, 0.29) is 11.9 Å². The van der Waals surface area contributed by atoms with Crippen molar-refractivity contribution < 1.29 is 4.79 Å². The van der Waals surface area contributed by atoms with Gasteiger partial charge in [0.25, 0.3) is 5.91 Å². The maximum atomic E-state index is 12.1. The number of aryl methyl sites for hydroxylation is 2. The Labute approximate surface area is 97.3 Å². The first kappa shape index (κ1) is 12.7. The second kappa shape index (κ2) is 5.10. The SMILES string of the molecule is Cc1ccnc(C)c1C(=O)NC(C)C(C)C. The van der Waals surface area contributed by atoms with Gasteiger partial charge < -0.3 is 5.32 Å². The van der Waals surface area contributed by atoms with Crippen LogP contribution in [0.1, 0.15) is 42.4 Å². The second-order valence-electron chi connectivity index (χ2n) is 4.59. The summed E-state index contributed by atoms with van der Waals surface area (Å²) >= 11 is 0. The molecule has 1 unspecified atom stereocenters. The molecule has 16 heavy (non-hydrogen) atoms. The van der Waals surface area contributed by atoms with Crippen LogP contribution < -0.4 is 5.32 Å². The summed E-state index contributed by atoms with van der Waals surface area (Å²) in [5.74, 6) is 0.408. The van der Waals surface area contributed by atoms with Crippen molar-refractivity contribution in [3.63, 3.8) is 0 Å². The summed E-state index contributed by atoms with van der Waals surface area (Å²) < 4.78 is 0. The van der Waals surface area contributed by atoms with Crippen LogP contribution in [0.5, 0.6) is 0 Å². The highest BCUT2D eigenvalue weighted by Crippen LogP contribution is 2.11. The molecular weight excluding hydrogens is 200 g/mol. The van der Waals surface area contributed by atoms with Crippen molar-refractivity contribution in [1.29, 1.82) is 0 Å². The zero-order chi connectivity index (χ0) is 12.3. The van der Waals surface area contributed by atoms with Crippen molar-refractivity contribution in [2.75, 3.05) is 0 Å².